The SMILES string of the molecule is COc1cc2c(cc1Br)OC[C@H](CBr)O2. The maximum Gasteiger partial charge on any atom is 0.165 e. The van der Waals surface area contributed by atoms with Crippen molar-refractivity contribution in [2.75, 3.05) is 19.0 Å². The van der Waals surface area contributed by atoms with Gasteiger partial charge in [-0.1, -0.05) is 15.9 Å². The van der Waals surface area contributed by atoms with Crippen LogP contribution in [-0.4, -0.2) is 25.2 Å². The second-order valence-electron chi connectivity index (χ2n) is 3.14. The molecule has 0 N–H and O–H groups in total. The van der Waals surface area contributed by atoms with Crippen LogP contribution in [-0.2, 0) is 0 Å². The predicted molar refractivity (Wildman–Crippen MR) is 64.4 cm³/mol. The quantitative estimate of drug-likeness (QED) is 0.776. The van der Waals surface area contributed by atoms with E-state index in [9.17, 15) is 0 Å². The summed E-state index contributed by atoms with van der Waals surface area (Å²) in [4.78, 5) is 0. The summed E-state index contributed by atoms with van der Waals surface area (Å²) in [5.74, 6) is 2.22. The van der Waals surface area contributed by atoms with E-state index in [1.54, 1.807) is 7.11 Å². The fourth-order valence-electron chi connectivity index (χ4n) is 1.35. The lowest BCUT2D eigenvalue weighted by molar-refractivity contribution is 0.107. The molecule has 0 spiro atoms. The van der Waals surface area contributed by atoms with Crippen molar-refractivity contribution in [1.82, 2.24) is 0 Å². The minimum Gasteiger partial charge on any atom is -0.495 e. The first-order valence-corrected chi connectivity index (χ1v) is 6.39. The van der Waals surface area contributed by atoms with Crippen LogP contribution in [0.4, 0.5) is 0 Å². The van der Waals surface area contributed by atoms with Gasteiger partial charge in [-0.3, -0.25) is 0 Å². The maximum absolute atomic E-state index is 5.71. The predicted octanol–water partition coefficient (Wildman–Crippen LogP) is 2.99. The Morgan fingerprint density at radius 1 is 1.47 bits per heavy atom. The molecule has 3 nitrogen and oxygen atoms in total. The number of methoxy groups -OCH3 is 1. The van der Waals surface area contributed by atoms with Gasteiger partial charge in [0.25, 0.3) is 0 Å². The summed E-state index contributed by atoms with van der Waals surface area (Å²) in [7, 11) is 1.62. The summed E-state index contributed by atoms with van der Waals surface area (Å²) in [5, 5.41) is 0.755. The number of alkyl halides is 1. The van der Waals surface area contributed by atoms with Gasteiger partial charge in [0.2, 0.25) is 0 Å². The zero-order valence-corrected chi connectivity index (χ0v) is 11.3. The van der Waals surface area contributed by atoms with Crippen LogP contribution in [0.25, 0.3) is 0 Å². The Morgan fingerprint density at radius 2 is 2.27 bits per heavy atom. The summed E-state index contributed by atoms with van der Waals surface area (Å²) in [6.07, 6.45) is 0.0587. The maximum atomic E-state index is 5.71. The number of halogens is 2. The second-order valence-corrected chi connectivity index (χ2v) is 4.64. The topological polar surface area (TPSA) is 27.7 Å². The molecule has 1 atom stereocenters. The standard InChI is InChI=1S/C10H10Br2O3/c1-13-8-3-10-9(2-7(8)12)14-5-6(4-11)15-10/h2-3,6H,4-5H2,1H3/t6-/m0/s1. The first-order valence-electron chi connectivity index (χ1n) is 4.47. The largest absolute Gasteiger partial charge is 0.495 e. The van der Waals surface area contributed by atoms with Crippen LogP contribution in [0.5, 0.6) is 17.2 Å². The van der Waals surface area contributed by atoms with E-state index < -0.39 is 0 Å². The molecular weight excluding hydrogens is 328 g/mol. The molecule has 1 aliphatic rings. The van der Waals surface area contributed by atoms with Crippen molar-refractivity contribution in [1.29, 1.82) is 0 Å². The molecule has 0 fully saturated rings. The van der Waals surface area contributed by atoms with Crippen LogP contribution in [0.2, 0.25) is 0 Å². The number of hydrogen-bond acceptors (Lipinski definition) is 3. The van der Waals surface area contributed by atoms with Crippen LogP contribution in [0.15, 0.2) is 16.6 Å². The van der Waals surface area contributed by atoms with Gasteiger partial charge in [0.05, 0.1) is 11.6 Å². The molecule has 82 valence electrons. The highest BCUT2D eigenvalue weighted by atomic mass is 79.9. The molecule has 0 aromatic heterocycles. The van der Waals surface area contributed by atoms with E-state index >= 15 is 0 Å². The average Bonchev–Trinajstić information content (AvgIpc) is 2.27. The van der Waals surface area contributed by atoms with Gasteiger partial charge < -0.3 is 14.2 Å². The van der Waals surface area contributed by atoms with Crippen LogP contribution in [0.1, 0.15) is 0 Å². The summed E-state index contributed by atoms with van der Waals surface area (Å²) >= 11 is 6.77. The highest BCUT2D eigenvalue weighted by Crippen LogP contribution is 2.40. The van der Waals surface area contributed by atoms with E-state index in [2.05, 4.69) is 31.9 Å². The van der Waals surface area contributed by atoms with Crippen molar-refractivity contribution < 1.29 is 14.2 Å². The fourth-order valence-corrected chi connectivity index (χ4v) is 2.15. The van der Waals surface area contributed by atoms with Gasteiger partial charge in [0.1, 0.15) is 18.5 Å². The molecule has 0 amide bonds. The molecule has 5 heteroatoms. The molecule has 0 saturated carbocycles. The molecule has 0 bridgehead atoms. The molecule has 0 saturated heterocycles. The lowest BCUT2D eigenvalue weighted by Gasteiger charge is -2.25. The molecule has 0 aliphatic carbocycles. The van der Waals surface area contributed by atoms with Gasteiger partial charge in [0, 0.05) is 17.5 Å². The lowest BCUT2D eigenvalue weighted by Crippen LogP contribution is -2.30. The summed E-state index contributed by atoms with van der Waals surface area (Å²) in [6, 6.07) is 3.69. The minimum atomic E-state index is 0.0587. The van der Waals surface area contributed by atoms with Gasteiger partial charge in [0.15, 0.2) is 11.5 Å². The van der Waals surface area contributed by atoms with E-state index in [0.29, 0.717) is 6.61 Å². The van der Waals surface area contributed by atoms with Gasteiger partial charge >= 0.3 is 0 Å². The highest BCUT2D eigenvalue weighted by Gasteiger charge is 2.21. The molecule has 0 unspecified atom stereocenters. The molecule has 0 radical (unpaired) electrons. The molecule has 1 aromatic rings. The van der Waals surface area contributed by atoms with Crippen LogP contribution in [0, 0.1) is 0 Å². The van der Waals surface area contributed by atoms with Crippen molar-refractivity contribution >= 4 is 31.9 Å². The van der Waals surface area contributed by atoms with Gasteiger partial charge in [-0.05, 0) is 15.9 Å². The summed E-state index contributed by atoms with van der Waals surface area (Å²) < 4.78 is 17.3. The number of fused-ring (bicyclic) bond motifs is 1. The smallest absolute Gasteiger partial charge is 0.165 e. The highest BCUT2D eigenvalue weighted by molar-refractivity contribution is 9.10. The van der Waals surface area contributed by atoms with Crippen molar-refractivity contribution in [3.8, 4) is 17.2 Å². The molecule has 1 heterocycles. The Bertz CT molecular complexity index is 368. The van der Waals surface area contributed by atoms with E-state index in [4.69, 9.17) is 14.2 Å². The monoisotopic (exact) mass is 336 g/mol. The normalized spacial score (nSPS) is 18.7. The first kappa shape index (κ1) is 11.1. The Hall–Kier alpha value is -0.420. The van der Waals surface area contributed by atoms with E-state index in [-0.39, 0.29) is 6.10 Å². The number of benzene rings is 1. The summed E-state index contributed by atoms with van der Waals surface area (Å²) in [6.45, 7) is 0.566. The minimum absolute atomic E-state index is 0.0587. The molecule has 2 rings (SSSR count). The van der Waals surface area contributed by atoms with Crippen molar-refractivity contribution in [3.63, 3.8) is 0 Å². The third-order valence-corrected chi connectivity index (χ3v) is 3.45. The lowest BCUT2D eigenvalue weighted by atomic mass is 10.2. The number of rotatable bonds is 2. The van der Waals surface area contributed by atoms with E-state index in [1.807, 2.05) is 12.1 Å². The first-order chi connectivity index (χ1) is 7.24. The van der Waals surface area contributed by atoms with Gasteiger partial charge in [-0.15, -0.1) is 0 Å². The molecular formula is C10H10Br2O3. The zero-order valence-electron chi connectivity index (χ0n) is 8.13. The van der Waals surface area contributed by atoms with Crippen LogP contribution in [0.3, 0.4) is 0 Å². The van der Waals surface area contributed by atoms with Crippen molar-refractivity contribution in [3.05, 3.63) is 16.6 Å². The Labute approximate surface area is 105 Å². The summed E-state index contributed by atoms with van der Waals surface area (Å²) in [5.41, 5.74) is 0. The molecule has 15 heavy (non-hydrogen) atoms. The number of ether oxygens (including phenoxy) is 3. The van der Waals surface area contributed by atoms with Gasteiger partial charge in [-0.25, -0.2) is 0 Å². The fraction of sp³-hybridized carbons (Fsp3) is 0.400. The van der Waals surface area contributed by atoms with Crippen LogP contribution >= 0.6 is 31.9 Å². The van der Waals surface area contributed by atoms with Crippen molar-refractivity contribution in [2.24, 2.45) is 0 Å². The van der Waals surface area contributed by atoms with E-state index in [1.165, 1.54) is 0 Å². The third kappa shape index (κ3) is 2.23. The Balaban J connectivity index is 2.33. The Morgan fingerprint density at radius 3 is 2.93 bits per heavy atom. The van der Waals surface area contributed by atoms with E-state index in [0.717, 1.165) is 27.1 Å². The van der Waals surface area contributed by atoms with Crippen molar-refractivity contribution in [2.45, 2.75) is 6.10 Å². The third-order valence-electron chi connectivity index (χ3n) is 2.11. The zero-order chi connectivity index (χ0) is 10.8. The Kier molecular flexibility index (Phi) is 3.41. The second kappa shape index (κ2) is 4.61. The molecule has 1 aromatic carbocycles. The van der Waals surface area contributed by atoms with Gasteiger partial charge in [-0.2, -0.15) is 0 Å². The average molecular weight is 338 g/mol. The van der Waals surface area contributed by atoms with Crippen LogP contribution < -0.4 is 14.2 Å². The molecule has 1 aliphatic heterocycles. The number of hydrogen-bond donors (Lipinski definition) is 0.